The molecule has 0 N–H and O–H groups in total. The van der Waals surface area contributed by atoms with Gasteiger partial charge in [-0.1, -0.05) is 78.9 Å². The van der Waals surface area contributed by atoms with Crippen LogP contribution in [-0.4, -0.2) is 41.9 Å². The van der Waals surface area contributed by atoms with Crippen molar-refractivity contribution in [3.05, 3.63) is 107 Å². The van der Waals surface area contributed by atoms with E-state index in [1.54, 1.807) is 6.07 Å². The van der Waals surface area contributed by atoms with Crippen molar-refractivity contribution in [2.45, 2.75) is 12.5 Å². The van der Waals surface area contributed by atoms with Gasteiger partial charge < -0.3 is 4.90 Å². The van der Waals surface area contributed by atoms with Crippen LogP contribution in [0.15, 0.2) is 84.9 Å². The van der Waals surface area contributed by atoms with Gasteiger partial charge in [-0.15, -0.1) is 0 Å². The Labute approximate surface area is 171 Å². The fourth-order valence-corrected chi connectivity index (χ4v) is 3.95. The average molecular weight is 388 g/mol. The highest BCUT2D eigenvalue weighted by Gasteiger charge is 2.29. The molecule has 3 nitrogen and oxygen atoms in total. The van der Waals surface area contributed by atoms with Crippen LogP contribution in [0.5, 0.6) is 0 Å². The second-order valence-corrected chi connectivity index (χ2v) is 7.45. The normalized spacial score (nSPS) is 14.9. The largest absolute Gasteiger partial charge is 0.339 e. The van der Waals surface area contributed by atoms with Gasteiger partial charge in [-0.05, 0) is 17.2 Å². The maximum atomic E-state index is 13.9. The number of carbonyl (C=O) groups is 1. The number of piperazine rings is 1. The zero-order chi connectivity index (χ0) is 20.1. The summed E-state index contributed by atoms with van der Waals surface area (Å²) < 4.78 is 13.9. The van der Waals surface area contributed by atoms with Crippen molar-refractivity contribution < 1.29 is 9.18 Å². The van der Waals surface area contributed by atoms with E-state index in [-0.39, 0.29) is 17.6 Å². The monoisotopic (exact) mass is 388 g/mol. The van der Waals surface area contributed by atoms with Crippen molar-refractivity contribution in [1.82, 2.24) is 9.80 Å². The Morgan fingerprint density at radius 1 is 0.759 bits per heavy atom. The summed E-state index contributed by atoms with van der Waals surface area (Å²) in [6.45, 7) is 3.38. The quantitative estimate of drug-likeness (QED) is 0.651. The molecule has 29 heavy (non-hydrogen) atoms. The van der Waals surface area contributed by atoms with E-state index in [0.717, 1.165) is 24.2 Å². The molecule has 1 amide bonds. The molecule has 3 aromatic carbocycles. The molecule has 1 fully saturated rings. The van der Waals surface area contributed by atoms with Crippen LogP contribution < -0.4 is 0 Å². The molecule has 0 bridgehead atoms. The first-order valence-corrected chi connectivity index (χ1v) is 10.1. The van der Waals surface area contributed by atoms with E-state index in [2.05, 4.69) is 4.90 Å². The minimum Gasteiger partial charge on any atom is -0.339 e. The second kappa shape index (κ2) is 9.01. The molecular weight excluding hydrogens is 363 g/mol. The van der Waals surface area contributed by atoms with Gasteiger partial charge in [0.05, 0.1) is 5.92 Å². The number of nitrogens with zero attached hydrogens (tertiary/aromatic N) is 2. The Hall–Kier alpha value is -2.98. The first-order valence-electron chi connectivity index (χ1n) is 10.1. The number of hydrogen-bond acceptors (Lipinski definition) is 2. The third-order valence-corrected chi connectivity index (χ3v) is 5.55. The van der Waals surface area contributed by atoms with Crippen LogP contribution in [0.3, 0.4) is 0 Å². The van der Waals surface area contributed by atoms with E-state index in [4.69, 9.17) is 0 Å². The molecule has 0 aliphatic carbocycles. The van der Waals surface area contributed by atoms with E-state index in [9.17, 15) is 9.18 Å². The lowest BCUT2D eigenvalue weighted by Gasteiger charge is -2.36. The summed E-state index contributed by atoms with van der Waals surface area (Å²) in [5.74, 6) is -0.331. The highest BCUT2D eigenvalue weighted by molar-refractivity contribution is 5.87. The maximum absolute atomic E-state index is 13.9. The summed E-state index contributed by atoms with van der Waals surface area (Å²) in [6.07, 6.45) is 0. The van der Waals surface area contributed by atoms with Crippen LogP contribution in [0, 0.1) is 5.82 Å². The van der Waals surface area contributed by atoms with E-state index < -0.39 is 0 Å². The fraction of sp³-hybridized carbons (Fsp3) is 0.240. The number of hydrogen-bond donors (Lipinski definition) is 0. The molecule has 3 aromatic rings. The van der Waals surface area contributed by atoms with Gasteiger partial charge in [-0.2, -0.15) is 0 Å². The van der Waals surface area contributed by atoms with Crippen LogP contribution in [0.1, 0.15) is 22.6 Å². The molecule has 4 rings (SSSR count). The predicted molar refractivity (Wildman–Crippen MR) is 113 cm³/mol. The van der Waals surface area contributed by atoms with Gasteiger partial charge in [0.15, 0.2) is 0 Å². The number of rotatable bonds is 5. The molecule has 0 aromatic heterocycles. The summed E-state index contributed by atoms with van der Waals surface area (Å²) in [5.41, 5.74) is 2.73. The summed E-state index contributed by atoms with van der Waals surface area (Å²) >= 11 is 0. The van der Waals surface area contributed by atoms with Gasteiger partial charge in [-0.25, -0.2) is 4.39 Å². The zero-order valence-corrected chi connectivity index (χ0v) is 16.4. The second-order valence-electron chi connectivity index (χ2n) is 7.45. The van der Waals surface area contributed by atoms with E-state index in [0.29, 0.717) is 25.2 Å². The van der Waals surface area contributed by atoms with E-state index in [1.807, 2.05) is 77.7 Å². The van der Waals surface area contributed by atoms with Gasteiger partial charge in [0.1, 0.15) is 5.82 Å². The summed E-state index contributed by atoms with van der Waals surface area (Å²) in [4.78, 5) is 17.6. The van der Waals surface area contributed by atoms with Gasteiger partial charge in [0.2, 0.25) is 5.91 Å². The van der Waals surface area contributed by atoms with Crippen LogP contribution >= 0.6 is 0 Å². The van der Waals surface area contributed by atoms with Crippen molar-refractivity contribution in [1.29, 1.82) is 0 Å². The third-order valence-electron chi connectivity index (χ3n) is 5.55. The summed E-state index contributed by atoms with van der Waals surface area (Å²) in [5, 5.41) is 0. The minimum atomic E-state index is -0.296. The van der Waals surface area contributed by atoms with Crippen molar-refractivity contribution in [3.63, 3.8) is 0 Å². The van der Waals surface area contributed by atoms with Crippen LogP contribution in [-0.2, 0) is 11.3 Å². The van der Waals surface area contributed by atoms with Crippen LogP contribution in [0.4, 0.5) is 4.39 Å². The molecule has 1 saturated heterocycles. The van der Waals surface area contributed by atoms with Crippen molar-refractivity contribution in [2.75, 3.05) is 26.2 Å². The highest BCUT2D eigenvalue weighted by atomic mass is 19.1. The van der Waals surface area contributed by atoms with Gasteiger partial charge in [0.25, 0.3) is 0 Å². The number of benzene rings is 3. The fourth-order valence-electron chi connectivity index (χ4n) is 3.95. The Bertz CT molecular complexity index is 898. The molecule has 148 valence electrons. The first kappa shape index (κ1) is 19.3. The Morgan fingerprint density at radius 2 is 1.28 bits per heavy atom. The Balaban J connectivity index is 1.46. The van der Waals surface area contributed by atoms with Crippen LogP contribution in [0.2, 0.25) is 0 Å². The van der Waals surface area contributed by atoms with Crippen molar-refractivity contribution in [2.24, 2.45) is 0 Å². The zero-order valence-electron chi connectivity index (χ0n) is 16.4. The number of carbonyl (C=O) groups excluding carboxylic acids is 1. The topological polar surface area (TPSA) is 23.6 Å². The van der Waals surface area contributed by atoms with Gasteiger partial charge in [-0.3, -0.25) is 9.69 Å². The summed E-state index contributed by atoms with van der Waals surface area (Å²) in [6, 6.07) is 26.8. The molecule has 1 heterocycles. The number of halogens is 1. The lowest BCUT2D eigenvalue weighted by atomic mass is 9.90. The molecule has 0 atom stereocenters. The van der Waals surface area contributed by atoms with Gasteiger partial charge in [0, 0.05) is 38.3 Å². The predicted octanol–water partition coefficient (Wildman–Crippen LogP) is 4.30. The Morgan fingerprint density at radius 3 is 1.83 bits per heavy atom. The Kier molecular flexibility index (Phi) is 6.01. The summed E-state index contributed by atoms with van der Waals surface area (Å²) in [7, 11) is 0. The van der Waals surface area contributed by atoms with Crippen LogP contribution in [0.25, 0.3) is 0 Å². The molecule has 1 aliphatic rings. The van der Waals surface area contributed by atoms with E-state index in [1.165, 1.54) is 6.07 Å². The van der Waals surface area contributed by atoms with E-state index >= 15 is 0 Å². The number of amides is 1. The minimum absolute atomic E-state index is 0.132. The highest BCUT2D eigenvalue weighted by Crippen LogP contribution is 2.27. The maximum Gasteiger partial charge on any atom is 0.234 e. The standard InChI is InChI=1S/C25H25FN2O/c26-23-14-8-7-13-22(23)19-27-15-17-28(18-16-27)25(29)24(20-9-3-1-4-10-20)21-11-5-2-6-12-21/h1-14,24H,15-19H2. The molecule has 1 aliphatic heterocycles. The first-order chi connectivity index (χ1) is 14.2. The molecule has 0 radical (unpaired) electrons. The average Bonchev–Trinajstić information content (AvgIpc) is 2.77. The van der Waals surface area contributed by atoms with Crippen molar-refractivity contribution >= 4 is 5.91 Å². The smallest absolute Gasteiger partial charge is 0.234 e. The molecular formula is C25H25FN2O. The lowest BCUT2D eigenvalue weighted by molar-refractivity contribution is -0.133. The van der Waals surface area contributed by atoms with Gasteiger partial charge >= 0.3 is 0 Å². The third kappa shape index (κ3) is 4.54. The molecule has 4 heteroatoms. The van der Waals surface area contributed by atoms with Crippen molar-refractivity contribution in [3.8, 4) is 0 Å². The molecule has 0 spiro atoms. The molecule has 0 saturated carbocycles. The lowest BCUT2D eigenvalue weighted by Crippen LogP contribution is -2.49. The molecule has 0 unspecified atom stereocenters. The SMILES string of the molecule is O=C(C(c1ccccc1)c1ccccc1)N1CCN(Cc2ccccc2F)CC1.